The molecular weight excluding hydrogens is 467 g/mol. The second-order valence-corrected chi connectivity index (χ2v) is 7.33. The zero-order valence-corrected chi connectivity index (χ0v) is 19.3. The maximum absolute atomic E-state index is 6.17. The number of hydrogen-bond donors (Lipinski definition) is 2. The zero-order chi connectivity index (χ0) is 18.7. The highest BCUT2D eigenvalue weighted by Gasteiger charge is 2.15. The van der Waals surface area contributed by atoms with Gasteiger partial charge >= 0.3 is 0 Å². The van der Waals surface area contributed by atoms with Gasteiger partial charge in [-0.2, -0.15) is 0 Å². The molecule has 1 saturated heterocycles. The van der Waals surface area contributed by atoms with Crippen molar-refractivity contribution in [3.63, 3.8) is 0 Å². The molecule has 2 N–H and O–H groups in total. The molecule has 2 fully saturated rings. The molecule has 0 radical (unpaired) electrons. The van der Waals surface area contributed by atoms with Crippen molar-refractivity contribution in [1.29, 1.82) is 0 Å². The molecule has 0 atom stereocenters. The highest BCUT2D eigenvalue weighted by Crippen LogP contribution is 2.23. The number of aliphatic imine (C=N–C) groups is 1. The van der Waals surface area contributed by atoms with Crippen LogP contribution in [0.3, 0.4) is 0 Å². The van der Waals surface area contributed by atoms with E-state index in [2.05, 4.69) is 44.8 Å². The summed E-state index contributed by atoms with van der Waals surface area (Å²) in [6.45, 7) is 6.33. The molecule has 1 heterocycles. The monoisotopic (exact) mass is 502 g/mol. The molecule has 0 aromatic heterocycles. The molecule has 0 bridgehead atoms. The lowest BCUT2D eigenvalue weighted by molar-refractivity contribution is 0.0389. The Labute approximate surface area is 186 Å². The maximum atomic E-state index is 6.17. The van der Waals surface area contributed by atoms with Gasteiger partial charge in [-0.05, 0) is 43.4 Å². The van der Waals surface area contributed by atoms with Crippen LogP contribution < -0.4 is 15.4 Å². The highest BCUT2D eigenvalue weighted by atomic mass is 127. The maximum Gasteiger partial charge on any atom is 0.191 e. The van der Waals surface area contributed by atoms with E-state index in [1.807, 2.05) is 7.05 Å². The van der Waals surface area contributed by atoms with E-state index in [9.17, 15) is 0 Å². The van der Waals surface area contributed by atoms with Crippen LogP contribution >= 0.6 is 24.0 Å². The molecule has 1 aliphatic carbocycles. The Morgan fingerprint density at radius 2 is 1.96 bits per heavy atom. The molecule has 6 nitrogen and oxygen atoms in total. The third-order valence-electron chi connectivity index (χ3n) is 5.26. The van der Waals surface area contributed by atoms with Crippen LogP contribution in [0.2, 0.25) is 0 Å². The van der Waals surface area contributed by atoms with Crippen LogP contribution in [-0.4, -0.2) is 63.4 Å². The van der Waals surface area contributed by atoms with Gasteiger partial charge in [0.2, 0.25) is 0 Å². The van der Waals surface area contributed by atoms with Crippen LogP contribution in [0.4, 0.5) is 0 Å². The second-order valence-electron chi connectivity index (χ2n) is 7.33. The number of nitrogens with one attached hydrogen (secondary N) is 2. The molecule has 0 amide bonds. The first-order valence-corrected chi connectivity index (χ1v) is 10.3. The number of nitrogens with zero attached hydrogens (tertiary/aromatic N) is 2. The van der Waals surface area contributed by atoms with Crippen LogP contribution in [0, 0.1) is 0 Å². The summed E-state index contributed by atoms with van der Waals surface area (Å²) in [6, 6.07) is 8.40. The Bertz CT molecular complexity index is 588. The van der Waals surface area contributed by atoms with Crippen molar-refractivity contribution in [3.05, 3.63) is 29.8 Å². The zero-order valence-electron chi connectivity index (χ0n) is 17.0. The van der Waals surface area contributed by atoms with Crippen LogP contribution in [-0.2, 0) is 11.3 Å². The van der Waals surface area contributed by atoms with Gasteiger partial charge in [0.25, 0.3) is 0 Å². The van der Waals surface area contributed by atoms with Crippen molar-refractivity contribution in [2.75, 3.05) is 46.4 Å². The molecule has 0 unspecified atom stereocenters. The van der Waals surface area contributed by atoms with E-state index in [-0.39, 0.29) is 24.0 Å². The summed E-state index contributed by atoms with van der Waals surface area (Å²) in [6.07, 6.45) is 6.68. The summed E-state index contributed by atoms with van der Waals surface area (Å²) in [4.78, 5) is 6.73. The first kappa shape index (κ1) is 23.2. The normalized spacial score (nSPS) is 19.0. The summed E-state index contributed by atoms with van der Waals surface area (Å²) in [5, 5.41) is 6.79. The van der Waals surface area contributed by atoms with Gasteiger partial charge in [-0.25, -0.2) is 0 Å². The molecule has 1 aliphatic heterocycles. The SMILES string of the molecule is CN=C(NCCN1CCOCC1)NCc1cccc(OC2CCCCC2)c1.I. The van der Waals surface area contributed by atoms with E-state index >= 15 is 0 Å². The van der Waals surface area contributed by atoms with Crippen LogP contribution in [0.1, 0.15) is 37.7 Å². The molecule has 1 aromatic rings. The molecule has 28 heavy (non-hydrogen) atoms. The van der Waals surface area contributed by atoms with Crippen molar-refractivity contribution >= 4 is 29.9 Å². The predicted octanol–water partition coefficient (Wildman–Crippen LogP) is 3.01. The van der Waals surface area contributed by atoms with E-state index in [0.717, 1.165) is 57.6 Å². The summed E-state index contributed by atoms with van der Waals surface area (Å²) < 4.78 is 11.6. The van der Waals surface area contributed by atoms with E-state index in [1.165, 1.54) is 37.7 Å². The minimum atomic E-state index is 0. The Kier molecular flexibility index (Phi) is 11.0. The Balaban J connectivity index is 0.00000280. The van der Waals surface area contributed by atoms with Crippen molar-refractivity contribution in [1.82, 2.24) is 15.5 Å². The van der Waals surface area contributed by atoms with E-state index < -0.39 is 0 Å². The standard InChI is InChI=1S/C21H34N4O2.HI/c1-22-21(23-10-11-25-12-14-26-15-13-25)24-17-18-6-5-9-20(16-18)27-19-7-3-2-4-8-19;/h5-6,9,16,19H,2-4,7-8,10-15,17H2,1H3,(H2,22,23,24);1H. The summed E-state index contributed by atoms with van der Waals surface area (Å²) in [5.41, 5.74) is 1.21. The lowest BCUT2D eigenvalue weighted by atomic mass is 9.98. The van der Waals surface area contributed by atoms with Crippen molar-refractivity contribution in [2.24, 2.45) is 4.99 Å². The quantitative estimate of drug-likeness (QED) is 0.341. The molecule has 0 spiro atoms. The van der Waals surface area contributed by atoms with Crippen LogP contribution in [0.5, 0.6) is 5.75 Å². The topological polar surface area (TPSA) is 58.1 Å². The molecule has 1 aromatic carbocycles. The third kappa shape index (κ3) is 8.13. The van der Waals surface area contributed by atoms with Crippen molar-refractivity contribution in [3.8, 4) is 5.75 Å². The van der Waals surface area contributed by atoms with Gasteiger partial charge in [0, 0.05) is 39.8 Å². The minimum absolute atomic E-state index is 0. The number of benzene rings is 1. The fraction of sp³-hybridized carbons (Fsp3) is 0.667. The van der Waals surface area contributed by atoms with E-state index in [1.54, 1.807) is 0 Å². The fourth-order valence-electron chi connectivity index (χ4n) is 3.67. The molecule has 7 heteroatoms. The molecule has 2 aliphatic rings. The number of morpholine rings is 1. The lowest BCUT2D eigenvalue weighted by Crippen LogP contribution is -2.44. The summed E-state index contributed by atoms with van der Waals surface area (Å²) in [7, 11) is 1.81. The Morgan fingerprint density at radius 3 is 2.71 bits per heavy atom. The van der Waals surface area contributed by atoms with Crippen molar-refractivity contribution in [2.45, 2.75) is 44.8 Å². The van der Waals surface area contributed by atoms with Gasteiger partial charge < -0.3 is 20.1 Å². The Hall–Kier alpha value is -1.06. The number of halogens is 1. The lowest BCUT2D eigenvalue weighted by Gasteiger charge is -2.26. The Morgan fingerprint density at radius 1 is 1.18 bits per heavy atom. The van der Waals surface area contributed by atoms with Gasteiger partial charge in [-0.1, -0.05) is 18.6 Å². The minimum Gasteiger partial charge on any atom is -0.490 e. The highest BCUT2D eigenvalue weighted by molar-refractivity contribution is 14.0. The van der Waals surface area contributed by atoms with Gasteiger partial charge in [0.05, 0.1) is 19.3 Å². The summed E-state index contributed by atoms with van der Waals surface area (Å²) in [5.74, 6) is 1.82. The van der Waals surface area contributed by atoms with E-state index in [0.29, 0.717) is 6.10 Å². The van der Waals surface area contributed by atoms with Crippen LogP contribution in [0.25, 0.3) is 0 Å². The molecule has 158 valence electrons. The molecule has 1 saturated carbocycles. The van der Waals surface area contributed by atoms with Crippen molar-refractivity contribution < 1.29 is 9.47 Å². The first-order valence-electron chi connectivity index (χ1n) is 10.3. The average molecular weight is 502 g/mol. The van der Waals surface area contributed by atoms with E-state index in [4.69, 9.17) is 9.47 Å². The van der Waals surface area contributed by atoms with Gasteiger partial charge in [-0.3, -0.25) is 9.89 Å². The fourth-order valence-corrected chi connectivity index (χ4v) is 3.67. The molecular formula is C21H35IN4O2. The largest absolute Gasteiger partial charge is 0.490 e. The number of hydrogen-bond acceptors (Lipinski definition) is 4. The summed E-state index contributed by atoms with van der Waals surface area (Å²) >= 11 is 0. The first-order chi connectivity index (χ1) is 13.3. The van der Waals surface area contributed by atoms with Gasteiger partial charge in [0.1, 0.15) is 5.75 Å². The van der Waals surface area contributed by atoms with Crippen LogP contribution in [0.15, 0.2) is 29.3 Å². The number of rotatable bonds is 7. The number of guanidine groups is 1. The predicted molar refractivity (Wildman–Crippen MR) is 125 cm³/mol. The van der Waals surface area contributed by atoms with Gasteiger partial charge in [0.15, 0.2) is 5.96 Å². The smallest absolute Gasteiger partial charge is 0.191 e. The second kappa shape index (κ2) is 13.2. The van der Waals surface area contributed by atoms with Gasteiger partial charge in [-0.15, -0.1) is 24.0 Å². The molecule has 3 rings (SSSR count). The number of ether oxygens (including phenoxy) is 2. The average Bonchev–Trinajstić information content (AvgIpc) is 2.72. The third-order valence-corrected chi connectivity index (χ3v) is 5.26.